The summed E-state index contributed by atoms with van der Waals surface area (Å²) in [6.07, 6.45) is 0. The molecule has 0 amide bonds. The maximum absolute atomic E-state index is 12.2. The van der Waals surface area contributed by atoms with Crippen molar-refractivity contribution in [1.29, 1.82) is 0 Å². The van der Waals surface area contributed by atoms with E-state index >= 15 is 0 Å². The zero-order valence-corrected chi connectivity index (χ0v) is 12.4. The molecule has 0 bridgehead atoms. The van der Waals surface area contributed by atoms with E-state index in [1.165, 1.54) is 6.07 Å². The van der Waals surface area contributed by atoms with Gasteiger partial charge in [-0.2, -0.15) is 0 Å². The second-order valence-corrected chi connectivity index (χ2v) is 7.43. The van der Waals surface area contributed by atoms with Crippen LogP contribution in [-0.2, 0) is 16.6 Å². The van der Waals surface area contributed by atoms with E-state index in [9.17, 15) is 8.42 Å². The molecule has 0 saturated heterocycles. The lowest BCUT2D eigenvalue weighted by Crippen LogP contribution is -2.11. The van der Waals surface area contributed by atoms with Gasteiger partial charge in [0.05, 0.1) is 12.3 Å². The normalized spacial score (nSPS) is 11.5. The number of aryl methyl sites for hydroxylation is 1. The summed E-state index contributed by atoms with van der Waals surface area (Å²) < 4.78 is 27.0. The summed E-state index contributed by atoms with van der Waals surface area (Å²) in [5.74, 6) is 0. The van der Waals surface area contributed by atoms with Gasteiger partial charge in [0.1, 0.15) is 4.21 Å². The maximum atomic E-state index is 12.2. The van der Waals surface area contributed by atoms with Gasteiger partial charge in [-0.1, -0.05) is 17.7 Å². The minimum absolute atomic E-state index is 0.164. The van der Waals surface area contributed by atoms with Crippen molar-refractivity contribution in [3.05, 3.63) is 45.8 Å². The van der Waals surface area contributed by atoms with Crippen LogP contribution in [0.3, 0.4) is 0 Å². The fourth-order valence-corrected chi connectivity index (χ4v) is 4.22. The van der Waals surface area contributed by atoms with Crippen LogP contribution in [0.4, 0.5) is 5.69 Å². The first-order valence-electron chi connectivity index (χ1n) is 5.41. The number of anilines is 1. The van der Waals surface area contributed by atoms with Gasteiger partial charge in [-0.25, -0.2) is 8.42 Å². The first-order valence-corrected chi connectivity index (χ1v) is 8.08. The van der Waals surface area contributed by atoms with Gasteiger partial charge in [0.25, 0.3) is 10.0 Å². The lowest BCUT2D eigenvalue weighted by molar-refractivity contribution is 0.285. The average molecular weight is 318 g/mol. The molecule has 0 aliphatic carbocycles. The van der Waals surface area contributed by atoms with E-state index in [1.54, 1.807) is 31.2 Å². The molecule has 1 aromatic carbocycles. The van der Waals surface area contributed by atoms with Gasteiger partial charge in [0.2, 0.25) is 0 Å². The summed E-state index contributed by atoms with van der Waals surface area (Å²) in [6, 6.07) is 8.03. The molecule has 7 heteroatoms. The Balaban J connectivity index is 2.32. The Kier molecular flexibility index (Phi) is 4.15. The summed E-state index contributed by atoms with van der Waals surface area (Å²) >= 11 is 6.86. The lowest BCUT2D eigenvalue weighted by atomic mass is 10.3. The average Bonchev–Trinajstić information content (AvgIpc) is 2.71. The first kappa shape index (κ1) is 14.3. The molecule has 2 aromatic rings. The molecule has 1 heterocycles. The predicted molar refractivity (Wildman–Crippen MR) is 77.2 cm³/mol. The third-order valence-corrected chi connectivity index (χ3v) is 5.80. The number of hydrogen-bond donors (Lipinski definition) is 2. The van der Waals surface area contributed by atoms with Gasteiger partial charge >= 0.3 is 0 Å². The Bertz CT molecular complexity index is 695. The van der Waals surface area contributed by atoms with Crippen LogP contribution in [0.2, 0.25) is 5.02 Å². The fraction of sp³-hybridized carbons (Fsp3) is 0.167. The summed E-state index contributed by atoms with van der Waals surface area (Å²) in [5, 5.41) is 9.56. The van der Waals surface area contributed by atoms with Crippen LogP contribution in [0.25, 0.3) is 0 Å². The zero-order valence-electron chi connectivity index (χ0n) is 10.1. The fourth-order valence-electron chi connectivity index (χ4n) is 1.54. The first-order chi connectivity index (χ1) is 8.92. The van der Waals surface area contributed by atoms with Crippen LogP contribution in [0, 0.1) is 6.92 Å². The second-order valence-electron chi connectivity index (χ2n) is 3.95. The summed E-state index contributed by atoms with van der Waals surface area (Å²) in [7, 11) is -3.64. The molecule has 2 N–H and O–H groups in total. The van der Waals surface area contributed by atoms with Crippen LogP contribution in [0.15, 0.2) is 34.5 Å². The molecule has 102 valence electrons. The van der Waals surface area contributed by atoms with Crippen LogP contribution >= 0.6 is 22.9 Å². The van der Waals surface area contributed by atoms with E-state index in [2.05, 4.69) is 4.72 Å². The number of thiophene rings is 1. The van der Waals surface area contributed by atoms with Gasteiger partial charge < -0.3 is 5.11 Å². The highest BCUT2D eigenvalue weighted by atomic mass is 35.5. The quantitative estimate of drug-likeness (QED) is 0.911. The molecule has 0 saturated carbocycles. The molecular formula is C12H12ClNO3S2. The molecule has 0 unspecified atom stereocenters. The van der Waals surface area contributed by atoms with Crippen molar-refractivity contribution >= 4 is 38.6 Å². The standard InChI is InChI=1S/C12H12ClNO3S2/c1-8-5-12(18-11(8)7-15)19(16,17)14-10-4-2-3-9(13)6-10/h2-6,14-15H,7H2,1H3. The molecule has 2 rings (SSSR count). The number of benzene rings is 1. The molecule has 0 spiro atoms. The van der Waals surface area contributed by atoms with E-state index in [-0.39, 0.29) is 10.8 Å². The largest absolute Gasteiger partial charge is 0.391 e. The van der Waals surface area contributed by atoms with E-state index in [0.29, 0.717) is 15.6 Å². The second kappa shape index (κ2) is 5.50. The number of aliphatic hydroxyl groups excluding tert-OH is 1. The lowest BCUT2D eigenvalue weighted by Gasteiger charge is -2.06. The van der Waals surface area contributed by atoms with Crippen molar-refractivity contribution in [2.45, 2.75) is 17.7 Å². The highest BCUT2D eigenvalue weighted by Gasteiger charge is 2.18. The van der Waals surface area contributed by atoms with Crippen molar-refractivity contribution in [3.8, 4) is 0 Å². The van der Waals surface area contributed by atoms with Crippen LogP contribution in [0.5, 0.6) is 0 Å². The molecule has 0 atom stereocenters. The summed E-state index contributed by atoms with van der Waals surface area (Å²) in [5.41, 5.74) is 1.17. The summed E-state index contributed by atoms with van der Waals surface area (Å²) in [6.45, 7) is 1.60. The molecule has 4 nitrogen and oxygen atoms in total. The Morgan fingerprint density at radius 2 is 2.11 bits per heavy atom. The zero-order chi connectivity index (χ0) is 14.0. The number of halogens is 1. The number of rotatable bonds is 4. The van der Waals surface area contributed by atoms with Crippen LogP contribution in [-0.4, -0.2) is 13.5 Å². The van der Waals surface area contributed by atoms with E-state index in [4.69, 9.17) is 16.7 Å². The van der Waals surface area contributed by atoms with Crippen molar-refractivity contribution in [3.63, 3.8) is 0 Å². The minimum Gasteiger partial charge on any atom is -0.391 e. The van der Waals surface area contributed by atoms with Crippen molar-refractivity contribution < 1.29 is 13.5 Å². The van der Waals surface area contributed by atoms with Crippen LogP contribution in [0.1, 0.15) is 10.4 Å². The van der Waals surface area contributed by atoms with Gasteiger partial charge in [0.15, 0.2) is 0 Å². The Morgan fingerprint density at radius 3 is 2.68 bits per heavy atom. The number of nitrogens with one attached hydrogen (secondary N) is 1. The molecule has 0 radical (unpaired) electrons. The Morgan fingerprint density at radius 1 is 1.37 bits per heavy atom. The van der Waals surface area contributed by atoms with Crippen molar-refractivity contribution in [1.82, 2.24) is 0 Å². The molecule has 0 fully saturated rings. The molecule has 0 aliphatic heterocycles. The molecular weight excluding hydrogens is 306 g/mol. The third kappa shape index (κ3) is 3.27. The number of aliphatic hydroxyl groups is 1. The highest BCUT2D eigenvalue weighted by Crippen LogP contribution is 2.28. The van der Waals surface area contributed by atoms with Gasteiger partial charge in [-0.05, 0) is 36.8 Å². The van der Waals surface area contributed by atoms with Crippen LogP contribution < -0.4 is 4.72 Å². The SMILES string of the molecule is Cc1cc(S(=O)(=O)Nc2cccc(Cl)c2)sc1CO. The highest BCUT2D eigenvalue weighted by molar-refractivity contribution is 7.94. The molecule has 0 aliphatic rings. The van der Waals surface area contributed by atoms with Gasteiger partial charge in [-0.15, -0.1) is 11.3 Å². The van der Waals surface area contributed by atoms with E-state index < -0.39 is 10.0 Å². The van der Waals surface area contributed by atoms with Gasteiger partial charge in [-0.3, -0.25) is 4.72 Å². The van der Waals surface area contributed by atoms with Crippen molar-refractivity contribution in [2.24, 2.45) is 0 Å². The predicted octanol–water partition coefficient (Wildman–Crippen LogP) is 3.00. The third-order valence-electron chi connectivity index (χ3n) is 2.48. The topological polar surface area (TPSA) is 66.4 Å². The molecule has 19 heavy (non-hydrogen) atoms. The smallest absolute Gasteiger partial charge is 0.271 e. The Hall–Kier alpha value is -1.08. The van der Waals surface area contributed by atoms with E-state index in [1.807, 2.05) is 0 Å². The molecule has 1 aromatic heterocycles. The monoisotopic (exact) mass is 317 g/mol. The Labute approximate surface area is 120 Å². The number of sulfonamides is 1. The maximum Gasteiger partial charge on any atom is 0.271 e. The summed E-state index contributed by atoms with van der Waals surface area (Å²) in [4.78, 5) is 0.645. The van der Waals surface area contributed by atoms with Gasteiger partial charge in [0, 0.05) is 9.90 Å². The van der Waals surface area contributed by atoms with E-state index in [0.717, 1.165) is 16.9 Å². The number of hydrogen-bond acceptors (Lipinski definition) is 4. The van der Waals surface area contributed by atoms with Crippen molar-refractivity contribution in [2.75, 3.05) is 4.72 Å². The minimum atomic E-state index is -3.64.